The molecule has 0 aromatic carbocycles. The minimum atomic E-state index is 0.282. The lowest BCUT2D eigenvalue weighted by Gasteiger charge is -2.31. The first-order valence-electron chi connectivity index (χ1n) is 6.23. The van der Waals surface area contributed by atoms with Crippen LogP contribution in [0.4, 0.5) is 5.95 Å². The molecule has 0 saturated heterocycles. The van der Waals surface area contributed by atoms with Gasteiger partial charge in [-0.25, -0.2) is 4.98 Å². The Labute approximate surface area is 96.7 Å². The number of imidazole rings is 1. The summed E-state index contributed by atoms with van der Waals surface area (Å²) in [7, 11) is 0. The summed E-state index contributed by atoms with van der Waals surface area (Å²) in [6, 6.07) is 0.381. The minimum absolute atomic E-state index is 0.282. The molecule has 0 aliphatic heterocycles. The van der Waals surface area contributed by atoms with E-state index in [1.165, 1.54) is 12.8 Å². The summed E-state index contributed by atoms with van der Waals surface area (Å²) >= 11 is 0. The number of hydrogen-bond donors (Lipinski definition) is 2. The van der Waals surface area contributed by atoms with E-state index in [0.717, 1.165) is 25.3 Å². The zero-order chi connectivity index (χ0) is 11.4. The molecule has 4 heteroatoms. The maximum absolute atomic E-state index is 9.35. The first-order chi connectivity index (χ1) is 7.85. The molecule has 1 heterocycles. The summed E-state index contributed by atoms with van der Waals surface area (Å²) in [6.45, 7) is 3.32. The van der Waals surface area contributed by atoms with Crippen molar-refractivity contribution in [2.75, 3.05) is 11.9 Å². The number of nitrogens with zero attached hydrogens (tertiary/aromatic N) is 2. The van der Waals surface area contributed by atoms with Crippen LogP contribution in [-0.4, -0.2) is 27.3 Å². The van der Waals surface area contributed by atoms with Crippen LogP contribution in [0.1, 0.15) is 32.6 Å². The van der Waals surface area contributed by atoms with Crippen molar-refractivity contribution in [3.05, 3.63) is 12.4 Å². The smallest absolute Gasteiger partial charge is 0.202 e. The van der Waals surface area contributed by atoms with Gasteiger partial charge in [0.2, 0.25) is 5.95 Å². The molecule has 2 atom stereocenters. The van der Waals surface area contributed by atoms with Gasteiger partial charge in [-0.2, -0.15) is 0 Å². The number of anilines is 1. The molecule has 1 fully saturated rings. The molecule has 16 heavy (non-hydrogen) atoms. The molecule has 2 unspecified atom stereocenters. The third-order valence-corrected chi connectivity index (χ3v) is 3.51. The van der Waals surface area contributed by atoms with E-state index in [1.807, 2.05) is 12.4 Å². The van der Waals surface area contributed by atoms with Crippen molar-refractivity contribution in [1.82, 2.24) is 9.55 Å². The van der Waals surface area contributed by atoms with Crippen molar-refractivity contribution < 1.29 is 5.11 Å². The van der Waals surface area contributed by atoms with Crippen LogP contribution in [0.3, 0.4) is 0 Å². The Morgan fingerprint density at radius 3 is 3.06 bits per heavy atom. The first-order valence-corrected chi connectivity index (χ1v) is 6.23. The lowest BCUT2D eigenvalue weighted by Crippen LogP contribution is -2.35. The first kappa shape index (κ1) is 11.5. The van der Waals surface area contributed by atoms with E-state index in [9.17, 15) is 5.11 Å². The Kier molecular flexibility index (Phi) is 3.83. The summed E-state index contributed by atoms with van der Waals surface area (Å²) < 4.78 is 2.10. The summed E-state index contributed by atoms with van der Waals surface area (Å²) in [4.78, 5) is 4.32. The van der Waals surface area contributed by atoms with Crippen LogP contribution in [0.5, 0.6) is 0 Å². The summed E-state index contributed by atoms with van der Waals surface area (Å²) in [5.41, 5.74) is 0. The highest BCUT2D eigenvalue weighted by Gasteiger charge is 2.25. The van der Waals surface area contributed by atoms with Gasteiger partial charge in [-0.3, -0.25) is 0 Å². The molecule has 0 spiro atoms. The van der Waals surface area contributed by atoms with Crippen molar-refractivity contribution in [3.8, 4) is 0 Å². The average Bonchev–Trinajstić information content (AvgIpc) is 2.77. The molecule has 0 bridgehead atoms. The molecule has 2 N–H and O–H groups in total. The quantitative estimate of drug-likeness (QED) is 0.819. The van der Waals surface area contributed by atoms with E-state index in [4.69, 9.17) is 0 Å². The van der Waals surface area contributed by atoms with Crippen LogP contribution in [0, 0.1) is 5.92 Å². The number of nitrogens with one attached hydrogen (secondary N) is 1. The number of aliphatic hydroxyl groups excluding tert-OH is 1. The summed E-state index contributed by atoms with van der Waals surface area (Å²) in [5, 5.41) is 12.8. The van der Waals surface area contributed by atoms with Gasteiger partial charge in [0, 0.05) is 37.5 Å². The van der Waals surface area contributed by atoms with Crippen molar-refractivity contribution in [3.63, 3.8) is 0 Å². The van der Waals surface area contributed by atoms with Crippen LogP contribution in [-0.2, 0) is 6.54 Å². The lowest BCUT2D eigenvalue weighted by atomic mass is 9.85. The van der Waals surface area contributed by atoms with Gasteiger partial charge in [0.05, 0.1) is 0 Å². The maximum Gasteiger partial charge on any atom is 0.202 e. The molecule has 2 rings (SSSR count). The fraction of sp³-hybridized carbons (Fsp3) is 0.750. The second-order valence-electron chi connectivity index (χ2n) is 4.51. The van der Waals surface area contributed by atoms with E-state index < -0.39 is 0 Å². The van der Waals surface area contributed by atoms with Crippen LogP contribution < -0.4 is 5.32 Å². The van der Waals surface area contributed by atoms with Crippen molar-refractivity contribution >= 4 is 5.95 Å². The topological polar surface area (TPSA) is 50.1 Å². The molecule has 1 aliphatic rings. The minimum Gasteiger partial charge on any atom is -0.396 e. The highest BCUT2D eigenvalue weighted by molar-refractivity contribution is 5.28. The number of rotatable bonds is 4. The number of aryl methyl sites for hydroxylation is 1. The number of aromatic nitrogens is 2. The van der Waals surface area contributed by atoms with Crippen LogP contribution in [0.25, 0.3) is 0 Å². The Balaban J connectivity index is 2.02. The molecule has 1 aliphatic carbocycles. The van der Waals surface area contributed by atoms with E-state index >= 15 is 0 Å². The van der Waals surface area contributed by atoms with Crippen LogP contribution >= 0.6 is 0 Å². The largest absolute Gasteiger partial charge is 0.396 e. The molecule has 1 saturated carbocycles. The van der Waals surface area contributed by atoms with Gasteiger partial charge in [0.25, 0.3) is 0 Å². The highest BCUT2D eigenvalue weighted by atomic mass is 16.3. The van der Waals surface area contributed by atoms with Crippen molar-refractivity contribution in [1.29, 1.82) is 0 Å². The van der Waals surface area contributed by atoms with E-state index in [-0.39, 0.29) is 6.61 Å². The Morgan fingerprint density at radius 1 is 1.50 bits per heavy atom. The van der Waals surface area contributed by atoms with Crippen molar-refractivity contribution in [2.24, 2.45) is 5.92 Å². The monoisotopic (exact) mass is 223 g/mol. The van der Waals surface area contributed by atoms with E-state index in [1.54, 1.807) is 0 Å². The van der Waals surface area contributed by atoms with Gasteiger partial charge in [0.15, 0.2) is 0 Å². The summed E-state index contributed by atoms with van der Waals surface area (Å²) in [5.74, 6) is 1.32. The van der Waals surface area contributed by atoms with Gasteiger partial charge in [-0.1, -0.05) is 12.8 Å². The normalized spacial score (nSPS) is 25.6. The third-order valence-electron chi connectivity index (χ3n) is 3.51. The van der Waals surface area contributed by atoms with Gasteiger partial charge >= 0.3 is 0 Å². The predicted molar refractivity (Wildman–Crippen MR) is 64.4 cm³/mol. The number of hydrogen-bond acceptors (Lipinski definition) is 3. The van der Waals surface area contributed by atoms with E-state index in [2.05, 4.69) is 21.8 Å². The molecule has 90 valence electrons. The molecule has 4 nitrogen and oxygen atoms in total. The Hall–Kier alpha value is -1.03. The predicted octanol–water partition coefficient (Wildman–Crippen LogP) is 1.87. The molecule has 0 amide bonds. The van der Waals surface area contributed by atoms with Crippen LogP contribution in [0.2, 0.25) is 0 Å². The fourth-order valence-corrected chi connectivity index (χ4v) is 2.49. The Morgan fingerprint density at radius 2 is 2.31 bits per heavy atom. The Bertz CT molecular complexity index is 324. The maximum atomic E-state index is 9.35. The molecule has 0 radical (unpaired) electrons. The van der Waals surface area contributed by atoms with Gasteiger partial charge in [-0.15, -0.1) is 0 Å². The molecular weight excluding hydrogens is 202 g/mol. The zero-order valence-electron chi connectivity index (χ0n) is 9.89. The second-order valence-corrected chi connectivity index (χ2v) is 4.51. The third kappa shape index (κ3) is 2.38. The molecule has 1 aromatic heterocycles. The van der Waals surface area contributed by atoms with Crippen molar-refractivity contribution in [2.45, 2.75) is 45.2 Å². The average molecular weight is 223 g/mol. The van der Waals surface area contributed by atoms with Crippen LogP contribution in [0.15, 0.2) is 12.4 Å². The molecular formula is C12H21N3O. The van der Waals surface area contributed by atoms with Gasteiger partial charge in [0.1, 0.15) is 0 Å². The SMILES string of the molecule is CCn1ccnc1NC1CCCCC1CO. The van der Waals surface area contributed by atoms with Gasteiger partial charge in [-0.05, 0) is 19.8 Å². The number of aliphatic hydroxyl groups is 1. The second kappa shape index (κ2) is 5.34. The highest BCUT2D eigenvalue weighted by Crippen LogP contribution is 2.26. The standard InChI is InChI=1S/C12H21N3O/c1-2-15-8-7-13-12(15)14-11-6-4-3-5-10(11)9-16/h7-8,10-11,16H,2-6,9H2,1H3,(H,13,14). The fourth-order valence-electron chi connectivity index (χ4n) is 2.49. The van der Waals surface area contributed by atoms with E-state index in [0.29, 0.717) is 12.0 Å². The zero-order valence-corrected chi connectivity index (χ0v) is 9.89. The molecule has 1 aromatic rings. The lowest BCUT2D eigenvalue weighted by molar-refractivity contribution is 0.177. The summed E-state index contributed by atoms with van der Waals surface area (Å²) in [6.07, 6.45) is 8.57. The van der Waals surface area contributed by atoms with Gasteiger partial charge < -0.3 is 15.0 Å².